The number of benzene rings is 1. The van der Waals surface area contributed by atoms with Crippen LogP contribution in [0.5, 0.6) is 5.75 Å². The van der Waals surface area contributed by atoms with E-state index in [9.17, 15) is 5.11 Å². The maximum Gasteiger partial charge on any atom is 0.214 e. The third-order valence-corrected chi connectivity index (χ3v) is 3.35. The Balaban J connectivity index is 2.19. The van der Waals surface area contributed by atoms with Crippen LogP contribution in [-0.4, -0.2) is 11.1 Å². The number of nitrogen functional groups attached to an aromatic ring is 2. The zero-order valence-electron chi connectivity index (χ0n) is 10.7. The van der Waals surface area contributed by atoms with E-state index in [0.717, 1.165) is 5.57 Å². The summed E-state index contributed by atoms with van der Waals surface area (Å²) in [6.45, 7) is 0. The lowest BCUT2D eigenvalue weighted by Gasteiger charge is -2.17. The number of furan rings is 1. The summed E-state index contributed by atoms with van der Waals surface area (Å²) in [7, 11) is 0. The van der Waals surface area contributed by atoms with Crippen LogP contribution in [0.4, 0.5) is 11.6 Å². The second-order valence-corrected chi connectivity index (χ2v) is 4.66. The van der Waals surface area contributed by atoms with E-state index >= 15 is 0 Å². The van der Waals surface area contributed by atoms with E-state index in [2.05, 4.69) is 0 Å². The number of aromatic hydroxyl groups is 1. The SMILES string of the molecule is Nc1oc2c(c1N)C(=Cc1ccccc1O)C(N)C=C2. The smallest absolute Gasteiger partial charge is 0.214 e. The summed E-state index contributed by atoms with van der Waals surface area (Å²) in [4.78, 5) is 0. The number of hydrogen-bond donors (Lipinski definition) is 4. The normalized spacial score (nSPS) is 19.2. The molecule has 0 aliphatic heterocycles. The highest BCUT2D eigenvalue weighted by Gasteiger charge is 2.25. The lowest BCUT2D eigenvalue weighted by Crippen LogP contribution is -2.21. The molecule has 1 aliphatic carbocycles. The summed E-state index contributed by atoms with van der Waals surface area (Å²) >= 11 is 0. The molecule has 1 atom stereocenters. The molecule has 102 valence electrons. The van der Waals surface area contributed by atoms with Crippen molar-refractivity contribution < 1.29 is 9.52 Å². The molecule has 5 heteroatoms. The summed E-state index contributed by atoms with van der Waals surface area (Å²) < 4.78 is 5.39. The zero-order valence-corrected chi connectivity index (χ0v) is 10.7. The lowest BCUT2D eigenvalue weighted by molar-refractivity contribution is 0.474. The van der Waals surface area contributed by atoms with Crippen LogP contribution < -0.4 is 17.2 Å². The maximum atomic E-state index is 9.87. The first-order valence-electron chi connectivity index (χ1n) is 6.19. The highest BCUT2D eigenvalue weighted by atomic mass is 16.4. The molecule has 5 nitrogen and oxygen atoms in total. The molecular weight excluding hydrogens is 254 g/mol. The highest BCUT2D eigenvalue weighted by molar-refractivity contribution is 5.97. The van der Waals surface area contributed by atoms with Gasteiger partial charge >= 0.3 is 0 Å². The molecule has 3 rings (SSSR count). The minimum Gasteiger partial charge on any atom is -0.507 e. The number of fused-ring (bicyclic) bond motifs is 1. The number of phenols is 1. The van der Waals surface area contributed by atoms with E-state index in [4.69, 9.17) is 21.6 Å². The average molecular weight is 269 g/mol. The van der Waals surface area contributed by atoms with Gasteiger partial charge in [-0.3, -0.25) is 0 Å². The molecule has 0 spiro atoms. The number of nitrogens with two attached hydrogens (primary N) is 3. The molecule has 0 bridgehead atoms. The topological polar surface area (TPSA) is 111 Å². The third-order valence-electron chi connectivity index (χ3n) is 3.35. The zero-order chi connectivity index (χ0) is 14.3. The fourth-order valence-electron chi connectivity index (χ4n) is 2.30. The largest absolute Gasteiger partial charge is 0.507 e. The van der Waals surface area contributed by atoms with Crippen molar-refractivity contribution in [2.75, 3.05) is 11.5 Å². The van der Waals surface area contributed by atoms with Crippen molar-refractivity contribution in [1.82, 2.24) is 0 Å². The van der Waals surface area contributed by atoms with Crippen LogP contribution in [-0.2, 0) is 0 Å². The number of anilines is 2. The molecule has 1 aliphatic rings. The number of phenolic OH excluding ortho intramolecular Hbond substituents is 1. The van der Waals surface area contributed by atoms with Crippen LogP contribution >= 0.6 is 0 Å². The summed E-state index contributed by atoms with van der Waals surface area (Å²) in [5, 5.41) is 9.87. The Morgan fingerprint density at radius 2 is 1.95 bits per heavy atom. The fraction of sp³-hybridized carbons (Fsp3) is 0.0667. The molecule has 2 aromatic rings. The van der Waals surface area contributed by atoms with E-state index in [1.807, 2.05) is 6.07 Å². The molecule has 1 aromatic heterocycles. The lowest BCUT2D eigenvalue weighted by atomic mass is 9.91. The van der Waals surface area contributed by atoms with Gasteiger partial charge in [0, 0.05) is 11.6 Å². The van der Waals surface area contributed by atoms with Gasteiger partial charge in [-0.15, -0.1) is 0 Å². The van der Waals surface area contributed by atoms with Crippen LogP contribution in [0.15, 0.2) is 34.8 Å². The number of para-hydroxylation sites is 1. The van der Waals surface area contributed by atoms with Crippen molar-refractivity contribution in [3.05, 3.63) is 47.2 Å². The molecule has 0 amide bonds. The van der Waals surface area contributed by atoms with Crippen molar-refractivity contribution in [2.45, 2.75) is 6.04 Å². The minimum atomic E-state index is -0.332. The van der Waals surface area contributed by atoms with E-state index < -0.39 is 0 Å². The van der Waals surface area contributed by atoms with E-state index in [1.54, 1.807) is 36.4 Å². The Morgan fingerprint density at radius 3 is 2.70 bits per heavy atom. The van der Waals surface area contributed by atoms with Gasteiger partial charge in [0.2, 0.25) is 5.88 Å². The Kier molecular flexibility index (Phi) is 2.76. The number of hydrogen-bond acceptors (Lipinski definition) is 5. The Morgan fingerprint density at radius 1 is 1.20 bits per heavy atom. The van der Waals surface area contributed by atoms with E-state index in [0.29, 0.717) is 22.6 Å². The highest BCUT2D eigenvalue weighted by Crippen LogP contribution is 2.39. The first-order valence-corrected chi connectivity index (χ1v) is 6.19. The molecule has 1 unspecified atom stereocenters. The first kappa shape index (κ1) is 12.4. The van der Waals surface area contributed by atoms with Gasteiger partial charge in [-0.05, 0) is 23.8 Å². The van der Waals surface area contributed by atoms with Crippen molar-refractivity contribution in [2.24, 2.45) is 5.73 Å². The van der Waals surface area contributed by atoms with E-state index in [1.165, 1.54) is 0 Å². The first-order chi connectivity index (χ1) is 9.58. The molecule has 1 aromatic carbocycles. The van der Waals surface area contributed by atoms with Gasteiger partial charge in [-0.2, -0.15) is 0 Å². The molecule has 0 saturated carbocycles. The van der Waals surface area contributed by atoms with Gasteiger partial charge in [0.15, 0.2) is 0 Å². The van der Waals surface area contributed by atoms with Gasteiger partial charge in [-0.25, -0.2) is 0 Å². The van der Waals surface area contributed by atoms with Crippen LogP contribution in [0, 0.1) is 0 Å². The van der Waals surface area contributed by atoms with Gasteiger partial charge < -0.3 is 26.7 Å². The predicted octanol–water partition coefficient (Wildman–Crippen LogP) is 2.04. The fourth-order valence-corrected chi connectivity index (χ4v) is 2.30. The van der Waals surface area contributed by atoms with Crippen LogP contribution in [0.2, 0.25) is 0 Å². The Labute approximate surface area is 116 Å². The van der Waals surface area contributed by atoms with Crippen molar-refractivity contribution >= 4 is 29.3 Å². The minimum absolute atomic E-state index is 0.178. The summed E-state index contributed by atoms with van der Waals surface area (Å²) in [6, 6.07) is 6.68. The molecule has 7 N–H and O–H groups in total. The summed E-state index contributed by atoms with van der Waals surface area (Å²) in [6.07, 6.45) is 5.36. The molecule has 1 heterocycles. The van der Waals surface area contributed by atoms with Crippen LogP contribution in [0.25, 0.3) is 17.7 Å². The quantitative estimate of drug-likeness (QED) is 0.633. The third kappa shape index (κ3) is 1.85. The predicted molar refractivity (Wildman–Crippen MR) is 80.5 cm³/mol. The molecule has 0 fully saturated rings. The Bertz CT molecular complexity index is 729. The van der Waals surface area contributed by atoms with Crippen LogP contribution in [0.3, 0.4) is 0 Å². The van der Waals surface area contributed by atoms with Gasteiger partial charge in [0.1, 0.15) is 17.2 Å². The van der Waals surface area contributed by atoms with Crippen molar-refractivity contribution in [1.29, 1.82) is 0 Å². The van der Waals surface area contributed by atoms with Gasteiger partial charge in [0.05, 0.1) is 5.56 Å². The summed E-state index contributed by atoms with van der Waals surface area (Å²) in [5.41, 5.74) is 20.3. The molecule has 0 radical (unpaired) electrons. The second-order valence-electron chi connectivity index (χ2n) is 4.66. The van der Waals surface area contributed by atoms with Crippen molar-refractivity contribution in [3.63, 3.8) is 0 Å². The molecule has 20 heavy (non-hydrogen) atoms. The van der Waals surface area contributed by atoms with Crippen LogP contribution in [0.1, 0.15) is 16.9 Å². The maximum absolute atomic E-state index is 9.87. The van der Waals surface area contributed by atoms with E-state index in [-0.39, 0.29) is 17.7 Å². The van der Waals surface area contributed by atoms with Gasteiger partial charge in [0.25, 0.3) is 0 Å². The second kappa shape index (κ2) is 4.47. The molecular formula is C15H15N3O2. The average Bonchev–Trinajstić information content (AvgIpc) is 2.71. The summed E-state index contributed by atoms with van der Waals surface area (Å²) in [5.74, 6) is 0.943. The standard InChI is InChI=1S/C15H15N3O2/c16-10-5-6-12-13(14(17)15(18)20-12)9(10)7-8-3-1-2-4-11(8)19/h1-7,10,19H,16-18H2. The number of rotatable bonds is 1. The molecule has 0 saturated heterocycles. The van der Waals surface area contributed by atoms with Gasteiger partial charge in [-0.1, -0.05) is 24.3 Å². The van der Waals surface area contributed by atoms with Crippen molar-refractivity contribution in [3.8, 4) is 5.75 Å². The Hall–Kier alpha value is -2.66. The monoisotopic (exact) mass is 269 g/mol.